The average molecular weight is 623 g/mol. The first kappa shape index (κ1) is 31.3. The van der Waals surface area contributed by atoms with Crippen molar-refractivity contribution in [2.24, 2.45) is 11.8 Å². The largest absolute Gasteiger partial charge is 0.207 e. The Morgan fingerprint density at radius 1 is 0.556 bits per heavy atom. The maximum atomic E-state index is 14.6. The van der Waals surface area contributed by atoms with Crippen LogP contribution in [0.25, 0.3) is 32.6 Å². The molecular weight excluding hydrogens is 585 g/mol. The predicted octanol–water partition coefficient (Wildman–Crippen LogP) is 11.8. The highest BCUT2D eigenvalue weighted by molar-refractivity contribution is 7.09. The monoisotopic (exact) mass is 622 g/mol. The zero-order valence-electron chi connectivity index (χ0n) is 26.7. The van der Waals surface area contributed by atoms with Crippen LogP contribution in [0.5, 0.6) is 0 Å². The predicted molar refractivity (Wildman–Crippen MR) is 181 cm³/mol. The minimum Gasteiger partial charge on any atom is -0.207 e. The summed E-state index contributed by atoms with van der Waals surface area (Å²) in [6, 6.07) is 19.5. The molecule has 0 N–H and O–H groups in total. The summed E-state index contributed by atoms with van der Waals surface area (Å²) >= 11 is 0. The summed E-state index contributed by atoms with van der Waals surface area (Å²) < 4.78 is 58.4. The third-order valence-electron chi connectivity index (χ3n) is 9.78. The molecule has 0 bridgehead atoms. The van der Waals surface area contributed by atoms with E-state index < -0.39 is 31.3 Å². The van der Waals surface area contributed by atoms with E-state index in [1.54, 1.807) is 0 Å². The van der Waals surface area contributed by atoms with Gasteiger partial charge in [0, 0.05) is 25.0 Å². The van der Waals surface area contributed by atoms with Gasteiger partial charge in [-0.15, -0.1) is 0 Å². The Balaban J connectivity index is 1.66. The van der Waals surface area contributed by atoms with Crippen molar-refractivity contribution in [2.45, 2.75) is 53.6 Å². The standard InChI is InChI=1S/C40H38F4Si/c1-7-23(3)35-19-25-11-9-13-33(27-15-29(41)21-30(42)16-27)37(25)39(35)45(5,6)40-36(24(4)8-2)20-26-12-10-14-34(38(26)40)28-17-31(43)22-32(44)18-28/h9-24H,7-8H2,1-6H3. The first-order valence-corrected chi connectivity index (χ1v) is 18.8. The summed E-state index contributed by atoms with van der Waals surface area (Å²) in [6.07, 6.45) is 6.41. The van der Waals surface area contributed by atoms with E-state index in [0.717, 1.165) is 58.4 Å². The van der Waals surface area contributed by atoms with Gasteiger partial charge in [0.2, 0.25) is 0 Å². The second-order valence-electron chi connectivity index (χ2n) is 13.0. The second-order valence-corrected chi connectivity index (χ2v) is 17.3. The van der Waals surface area contributed by atoms with Crippen molar-refractivity contribution < 1.29 is 17.6 Å². The SMILES string of the molecule is CCC(C)C1=C([Si](C)(C)C2=C(C(C)CC)[CH]c3cccc(-c4cc(F)cc(F)c4)c32)c2c(cccc2-c2cc(F)cc(F)c2)[CH]1. The summed E-state index contributed by atoms with van der Waals surface area (Å²) in [7, 11) is -2.69. The van der Waals surface area contributed by atoms with Gasteiger partial charge in [-0.1, -0.05) is 88.3 Å². The number of benzene rings is 4. The molecular formula is C40H38F4Si. The topological polar surface area (TPSA) is 0 Å². The Bertz CT molecular complexity index is 1700. The van der Waals surface area contributed by atoms with E-state index in [-0.39, 0.29) is 11.8 Å². The highest BCUT2D eigenvalue weighted by atomic mass is 28.3. The first-order valence-electron chi connectivity index (χ1n) is 15.8. The molecule has 4 aromatic rings. The van der Waals surface area contributed by atoms with Gasteiger partial charge in [-0.2, -0.15) is 0 Å². The van der Waals surface area contributed by atoms with Gasteiger partial charge in [-0.3, -0.25) is 0 Å². The van der Waals surface area contributed by atoms with Crippen LogP contribution in [0.3, 0.4) is 0 Å². The molecule has 0 aliphatic heterocycles. The van der Waals surface area contributed by atoms with Gasteiger partial charge >= 0.3 is 0 Å². The lowest BCUT2D eigenvalue weighted by atomic mass is 9.96. The summed E-state index contributed by atoms with van der Waals surface area (Å²) in [5, 5.41) is 2.51. The fourth-order valence-electron chi connectivity index (χ4n) is 7.30. The number of rotatable bonds is 8. The molecule has 2 aliphatic rings. The maximum absolute atomic E-state index is 14.6. The molecule has 45 heavy (non-hydrogen) atoms. The van der Waals surface area contributed by atoms with Gasteiger partial charge in [0.1, 0.15) is 31.3 Å². The lowest BCUT2D eigenvalue weighted by Gasteiger charge is -2.34. The van der Waals surface area contributed by atoms with Crippen LogP contribution in [0, 0.1) is 47.9 Å². The Labute approximate surface area is 265 Å². The molecule has 0 aromatic heterocycles. The molecule has 0 fully saturated rings. The minimum absolute atomic E-state index is 0.251. The van der Waals surface area contributed by atoms with Crippen molar-refractivity contribution in [3.05, 3.63) is 142 Å². The van der Waals surface area contributed by atoms with Gasteiger partial charge in [0.25, 0.3) is 0 Å². The van der Waals surface area contributed by atoms with Gasteiger partial charge in [-0.25, -0.2) is 17.6 Å². The van der Waals surface area contributed by atoms with E-state index in [4.69, 9.17) is 0 Å². The molecule has 2 atom stereocenters. The number of allylic oxidation sites excluding steroid dienone is 2. The normalized spacial score (nSPS) is 15.9. The molecule has 0 heterocycles. The number of hydrogen-bond donors (Lipinski definition) is 0. The van der Waals surface area contributed by atoms with Gasteiger partial charge in [-0.05, 0) is 104 Å². The van der Waals surface area contributed by atoms with Crippen molar-refractivity contribution in [3.63, 3.8) is 0 Å². The third kappa shape index (κ3) is 5.43. The van der Waals surface area contributed by atoms with Crippen LogP contribution in [-0.4, -0.2) is 8.07 Å². The van der Waals surface area contributed by atoms with Crippen molar-refractivity contribution in [1.29, 1.82) is 0 Å². The van der Waals surface area contributed by atoms with Crippen LogP contribution in [0.15, 0.2) is 83.9 Å². The molecule has 5 heteroatoms. The van der Waals surface area contributed by atoms with Crippen molar-refractivity contribution in [1.82, 2.24) is 0 Å². The summed E-state index contributed by atoms with van der Waals surface area (Å²) in [4.78, 5) is 0. The number of halogens is 4. The van der Waals surface area contributed by atoms with Crippen molar-refractivity contribution in [3.8, 4) is 22.3 Å². The van der Waals surface area contributed by atoms with Crippen molar-refractivity contribution in [2.75, 3.05) is 0 Å². The molecule has 0 saturated carbocycles. The van der Waals surface area contributed by atoms with Crippen LogP contribution in [0.2, 0.25) is 13.1 Å². The van der Waals surface area contributed by atoms with E-state index in [2.05, 4.69) is 65.8 Å². The first-order chi connectivity index (χ1) is 21.4. The second kappa shape index (κ2) is 11.9. The van der Waals surface area contributed by atoms with Crippen LogP contribution < -0.4 is 0 Å². The van der Waals surface area contributed by atoms with Crippen LogP contribution in [0.1, 0.15) is 62.8 Å². The lowest BCUT2D eigenvalue weighted by Crippen LogP contribution is -2.33. The Hall–Kier alpha value is -3.70. The Morgan fingerprint density at radius 3 is 1.24 bits per heavy atom. The van der Waals surface area contributed by atoms with Crippen LogP contribution >= 0.6 is 0 Å². The summed E-state index contributed by atoms with van der Waals surface area (Å²) in [6.45, 7) is 13.6. The third-order valence-corrected chi connectivity index (χ3v) is 13.4. The highest BCUT2D eigenvalue weighted by Gasteiger charge is 2.45. The summed E-state index contributed by atoms with van der Waals surface area (Å²) in [5.74, 6) is -1.94. The quantitative estimate of drug-likeness (QED) is 0.135. The molecule has 0 saturated heterocycles. The maximum Gasteiger partial charge on any atom is 0.126 e. The molecule has 2 radical (unpaired) electrons. The molecule has 0 amide bonds. The highest BCUT2D eigenvalue weighted by Crippen LogP contribution is 2.55. The number of fused-ring (bicyclic) bond motifs is 2. The van der Waals surface area contributed by atoms with Crippen LogP contribution in [-0.2, 0) is 0 Å². The lowest BCUT2D eigenvalue weighted by molar-refractivity contribution is 0.583. The van der Waals surface area contributed by atoms with Crippen LogP contribution in [0.4, 0.5) is 17.6 Å². The Kier molecular flexibility index (Phi) is 8.28. The molecule has 230 valence electrons. The Morgan fingerprint density at radius 2 is 0.911 bits per heavy atom. The fourth-order valence-corrected chi connectivity index (χ4v) is 11.4. The molecule has 0 spiro atoms. The van der Waals surface area contributed by atoms with E-state index in [1.165, 1.54) is 45.8 Å². The fraction of sp³-hybridized carbons (Fsp3) is 0.250. The molecule has 0 nitrogen and oxygen atoms in total. The molecule has 2 unspecified atom stereocenters. The summed E-state index contributed by atoms with van der Waals surface area (Å²) in [5.41, 5.74) is 9.33. The zero-order valence-corrected chi connectivity index (χ0v) is 27.7. The van der Waals surface area contributed by atoms with E-state index in [0.29, 0.717) is 11.1 Å². The smallest absolute Gasteiger partial charge is 0.126 e. The molecule has 2 aliphatic carbocycles. The minimum atomic E-state index is -2.69. The van der Waals surface area contributed by atoms with E-state index in [1.807, 2.05) is 24.3 Å². The van der Waals surface area contributed by atoms with E-state index >= 15 is 0 Å². The van der Waals surface area contributed by atoms with Gasteiger partial charge in [0.15, 0.2) is 0 Å². The van der Waals surface area contributed by atoms with Crippen molar-refractivity contribution >= 4 is 18.5 Å². The van der Waals surface area contributed by atoms with E-state index in [9.17, 15) is 17.6 Å². The van der Waals surface area contributed by atoms with Gasteiger partial charge in [0.05, 0.1) is 0 Å². The average Bonchev–Trinajstić information content (AvgIpc) is 3.59. The number of hydrogen-bond acceptors (Lipinski definition) is 0. The zero-order chi connectivity index (χ0) is 32.2. The van der Waals surface area contributed by atoms with Gasteiger partial charge < -0.3 is 0 Å². The molecule has 6 rings (SSSR count). The molecule has 4 aromatic carbocycles.